The third-order valence-electron chi connectivity index (χ3n) is 3.25. The summed E-state index contributed by atoms with van der Waals surface area (Å²) >= 11 is 0. The molecule has 0 unspecified atom stereocenters. The maximum atomic E-state index is 12.0. The van der Waals surface area contributed by atoms with Gasteiger partial charge in [0.1, 0.15) is 11.3 Å². The van der Waals surface area contributed by atoms with Crippen LogP contribution < -0.4 is 10.1 Å². The Morgan fingerprint density at radius 3 is 2.24 bits per heavy atom. The van der Waals surface area contributed by atoms with Gasteiger partial charge in [-0.3, -0.25) is 4.79 Å². The Hall–Kier alpha value is -3.35. The highest BCUT2D eigenvalue weighted by Gasteiger charge is 2.15. The molecule has 25 heavy (non-hydrogen) atoms. The Kier molecular flexibility index (Phi) is 6.11. The van der Waals surface area contributed by atoms with Crippen LogP contribution in [0.4, 0.5) is 5.69 Å². The highest BCUT2D eigenvalue weighted by Crippen LogP contribution is 2.18. The molecule has 0 saturated carbocycles. The number of benzene rings is 2. The molecule has 0 aliphatic heterocycles. The third kappa shape index (κ3) is 4.81. The van der Waals surface area contributed by atoms with Crippen molar-refractivity contribution >= 4 is 23.5 Å². The van der Waals surface area contributed by atoms with E-state index in [1.54, 1.807) is 36.4 Å². The summed E-state index contributed by atoms with van der Waals surface area (Å²) in [7, 11) is 2.73. The Bertz CT molecular complexity index is 769. The van der Waals surface area contributed by atoms with Gasteiger partial charge < -0.3 is 19.5 Å². The molecular formula is C18H17NO6. The van der Waals surface area contributed by atoms with Gasteiger partial charge in [0.15, 0.2) is 6.61 Å². The number of carbonyl (C=O) groups excluding carboxylic acids is 3. The summed E-state index contributed by atoms with van der Waals surface area (Å²) in [4.78, 5) is 35.2. The molecule has 1 N–H and O–H groups in total. The minimum atomic E-state index is -0.659. The normalized spacial score (nSPS) is 9.84. The van der Waals surface area contributed by atoms with Crippen LogP contribution in [0.2, 0.25) is 0 Å². The Morgan fingerprint density at radius 2 is 1.60 bits per heavy atom. The second-order valence-corrected chi connectivity index (χ2v) is 4.89. The zero-order valence-electron chi connectivity index (χ0n) is 13.8. The predicted molar refractivity (Wildman–Crippen MR) is 89.7 cm³/mol. The maximum absolute atomic E-state index is 12.0. The molecule has 1 amide bonds. The number of hydrogen-bond acceptors (Lipinski definition) is 6. The molecule has 0 heterocycles. The van der Waals surface area contributed by atoms with Crippen LogP contribution in [0, 0.1) is 0 Å². The van der Waals surface area contributed by atoms with E-state index in [0.717, 1.165) is 0 Å². The lowest BCUT2D eigenvalue weighted by Crippen LogP contribution is -2.21. The van der Waals surface area contributed by atoms with Crippen molar-refractivity contribution in [2.24, 2.45) is 0 Å². The average Bonchev–Trinajstić information content (AvgIpc) is 2.66. The monoisotopic (exact) mass is 343 g/mol. The molecule has 2 aromatic carbocycles. The second-order valence-electron chi connectivity index (χ2n) is 4.89. The van der Waals surface area contributed by atoms with Crippen molar-refractivity contribution < 1.29 is 28.6 Å². The first-order chi connectivity index (χ1) is 12.0. The van der Waals surface area contributed by atoms with Gasteiger partial charge in [0.2, 0.25) is 0 Å². The first kappa shape index (κ1) is 18.0. The Labute approximate surface area is 144 Å². The van der Waals surface area contributed by atoms with E-state index < -0.39 is 24.5 Å². The van der Waals surface area contributed by atoms with E-state index in [2.05, 4.69) is 10.1 Å². The molecule has 0 bridgehead atoms. The Morgan fingerprint density at radius 1 is 0.920 bits per heavy atom. The number of nitrogens with one attached hydrogen (secondary N) is 1. The minimum absolute atomic E-state index is 0.236. The summed E-state index contributed by atoms with van der Waals surface area (Å²) in [5.41, 5.74) is 1.06. The molecule has 0 atom stereocenters. The van der Waals surface area contributed by atoms with Crippen LogP contribution in [0.25, 0.3) is 0 Å². The molecular weight excluding hydrogens is 326 g/mol. The summed E-state index contributed by atoms with van der Waals surface area (Å²) < 4.78 is 14.6. The first-order valence-corrected chi connectivity index (χ1v) is 7.33. The molecule has 0 spiro atoms. The van der Waals surface area contributed by atoms with E-state index in [-0.39, 0.29) is 5.56 Å². The molecule has 0 saturated heterocycles. The Balaban J connectivity index is 1.90. The highest BCUT2D eigenvalue weighted by molar-refractivity contribution is 5.97. The van der Waals surface area contributed by atoms with E-state index >= 15 is 0 Å². The second kappa shape index (κ2) is 8.49. The lowest BCUT2D eigenvalue weighted by atomic mass is 10.2. The van der Waals surface area contributed by atoms with Gasteiger partial charge in [-0.05, 0) is 36.4 Å². The zero-order valence-corrected chi connectivity index (χ0v) is 13.8. The molecule has 0 radical (unpaired) electrons. The highest BCUT2D eigenvalue weighted by atomic mass is 16.5. The van der Waals surface area contributed by atoms with E-state index in [9.17, 15) is 14.4 Å². The van der Waals surface area contributed by atoms with Gasteiger partial charge in [0, 0.05) is 5.69 Å². The van der Waals surface area contributed by atoms with Crippen LogP contribution in [0.3, 0.4) is 0 Å². The lowest BCUT2D eigenvalue weighted by Gasteiger charge is -2.09. The van der Waals surface area contributed by atoms with Gasteiger partial charge in [-0.1, -0.05) is 12.1 Å². The van der Waals surface area contributed by atoms with Gasteiger partial charge in [-0.25, -0.2) is 9.59 Å². The number of hydrogen-bond donors (Lipinski definition) is 1. The topological polar surface area (TPSA) is 90.9 Å². The SMILES string of the molecule is COC(=O)c1ccc(NC(=O)COC(=O)c2ccccc2OC)cc1. The van der Waals surface area contributed by atoms with Crippen LogP contribution in [-0.2, 0) is 14.3 Å². The summed E-state index contributed by atoms with van der Waals surface area (Å²) in [6, 6.07) is 12.7. The fourth-order valence-electron chi connectivity index (χ4n) is 2.03. The van der Waals surface area contributed by atoms with E-state index in [1.165, 1.54) is 26.4 Å². The van der Waals surface area contributed by atoms with E-state index in [0.29, 0.717) is 17.0 Å². The molecule has 2 rings (SSSR count). The van der Waals surface area contributed by atoms with Crippen molar-refractivity contribution in [3.63, 3.8) is 0 Å². The van der Waals surface area contributed by atoms with Gasteiger partial charge in [0.25, 0.3) is 5.91 Å². The third-order valence-corrected chi connectivity index (χ3v) is 3.25. The molecule has 2 aromatic rings. The molecule has 7 nitrogen and oxygen atoms in total. The molecule has 0 aliphatic carbocycles. The first-order valence-electron chi connectivity index (χ1n) is 7.33. The lowest BCUT2D eigenvalue weighted by molar-refractivity contribution is -0.119. The summed E-state index contributed by atoms with van der Waals surface area (Å²) in [5, 5.41) is 2.56. The number of ether oxygens (including phenoxy) is 3. The van der Waals surface area contributed by atoms with Gasteiger partial charge in [-0.2, -0.15) is 0 Å². The van der Waals surface area contributed by atoms with Crippen LogP contribution in [0.1, 0.15) is 20.7 Å². The molecule has 0 fully saturated rings. The quantitative estimate of drug-likeness (QED) is 0.809. The molecule has 0 aliphatic rings. The summed E-state index contributed by atoms with van der Waals surface area (Å²) in [6.45, 7) is -0.449. The number of methoxy groups -OCH3 is 2. The number of esters is 2. The van der Waals surface area contributed by atoms with Crippen LogP contribution >= 0.6 is 0 Å². The van der Waals surface area contributed by atoms with Crippen LogP contribution in [0.15, 0.2) is 48.5 Å². The number of para-hydroxylation sites is 1. The van der Waals surface area contributed by atoms with Gasteiger partial charge in [-0.15, -0.1) is 0 Å². The average molecular weight is 343 g/mol. The fraction of sp³-hybridized carbons (Fsp3) is 0.167. The van der Waals surface area contributed by atoms with Crippen molar-refractivity contribution in [1.82, 2.24) is 0 Å². The minimum Gasteiger partial charge on any atom is -0.496 e. The van der Waals surface area contributed by atoms with E-state index in [4.69, 9.17) is 9.47 Å². The maximum Gasteiger partial charge on any atom is 0.342 e. The van der Waals surface area contributed by atoms with Crippen molar-refractivity contribution in [2.45, 2.75) is 0 Å². The number of anilines is 1. The van der Waals surface area contributed by atoms with Gasteiger partial charge >= 0.3 is 11.9 Å². The molecule has 0 aromatic heterocycles. The van der Waals surface area contributed by atoms with Crippen molar-refractivity contribution in [3.05, 3.63) is 59.7 Å². The standard InChI is InChI=1S/C18H17NO6/c1-23-15-6-4-3-5-14(15)18(22)25-11-16(20)19-13-9-7-12(8-10-13)17(21)24-2/h3-10H,11H2,1-2H3,(H,19,20). The predicted octanol–water partition coefficient (Wildman–Crippen LogP) is 2.28. The fourth-order valence-corrected chi connectivity index (χ4v) is 2.03. The largest absolute Gasteiger partial charge is 0.496 e. The summed E-state index contributed by atoms with van der Waals surface area (Å²) in [6.07, 6.45) is 0. The number of rotatable bonds is 6. The van der Waals surface area contributed by atoms with Crippen LogP contribution in [-0.4, -0.2) is 38.7 Å². The molecule has 130 valence electrons. The van der Waals surface area contributed by atoms with Crippen molar-refractivity contribution in [1.29, 1.82) is 0 Å². The number of amides is 1. The number of carbonyl (C=O) groups is 3. The van der Waals surface area contributed by atoms with Crippen molar-refractivity contribution in [3.8, 4) is 5.75 Å². The molecule has 7 heteroatoms. The van der Waals surface area contributed by atoms with Crippen LogP contribution in [0.5, 0.6) is 5.75 Å². The van der Waals surface area contributed by atoms with E-state index in [1.807, 2.05) is 0 Å². The smallest absolute Gasteiger partial charge is 0.342 e. The summed E-state index contributed by atoms with van der Waals surface area (Å²) in [5.74, 6) is -1.27. The van der Waals surface area contributed by atoms with Gasteiger partial charge in [0.05, 0.1) is 19.8 Å². The van der Waals surface area contributed by atoms with Crippen molar-refractivity contribution in [2.75, 3.05) is 26.1 Å². The zero-order chi connectivity index (χ0) is 18.2.